The van der Waals surface area contributed by atoms with Crippen LogP contribution in [0.4, 0.5) is 0 Å². The summed E-state index contributed by atoms with van der Waals surface area (Å²) in [5, 5.41) is 3.50. The van der Waals surface area contributed by atoms with Crippen LogP contribution in [0.25, 0.3) is 0 Å². The van der Waals surface area contributed by atoms with E-state index in [1.807, 2.05) is 0 Å². The van der Waals surface area contributed by atoms with Gasteiger partial charge in [-0.15, -0.1) is 0 Å². The molecule has 4 heteroatoms. The highest BCUT2D eigenvalue weighted by Gasteiger charge is 2.45. The van der Waals surface area contributed by atoms with Crippen molar-refractivity contribution in [3.63, 3.8) is 0 Å². The lowest BCUT2D eigenvalue weighted by atomic mass is 9.68. The molecule has 0 aromatic heterocycles. The van der Waals surface area contributed by atoms with E-state index >= 15 is 0 Å². The molecule has 0 saturated heterocycles. The van der Waals surface area contributed by atoms with Gasteiger partial charge in [0, 0.05) is 13.1 Å². The van der Waals surface area contributed by atoms with Crippen molar-refractivity contribution in [3.05, 3.63) is 0 Å². The van der Waals surface area contributed by atoms with Gasteiger partial charge in [-0.05, 0) is 31.3 Å². The minimum absolute atomic E-state index is 0.175. The van der Waals surface area contributed by atoms with E-state index in [9.17, 15) is 4.79 Å². The molecule has 1 amide bonds. The maximum absolute atomic E-state index is 12.0. The number of nitrogens with zero attached hydrogens (tertiary/aromatic N) is 1. The summed E-state index contributed by atoms with van der Waals surface area (Å²) in [4.78, 5) is 14.4. The van der Waals surface area contributed by atoms with E-state index < -0.39 is 5.54 Å². The van der Waals surface area contributed by atoms with Gasteiger partial charge in [-0.2, -0.15) is 0 Å². The summed E-state index contributed by atoms with van der Waals surface area (Å²) in [6.45, 7) is 12.6. The molecule has 1 rings (SSSR count). The van der Waals surface area contributed by atoms with Crippen molar-refractivity contribution >= 4 is 5.91 Å². The molecular formula is C15H31N3O. The lowest BCUT2D eigenvalue weighted by Gasteiger charge is -2.44. The fraction of sp³-hybridized carbons (Fsp3) is 0.933. The molecule has 19 heavy (non-hydrogen) atoms. The minimum Gasteiger partial charge on any atom is -0.368 e. The van der Waals surface area contributed by atoms with Crippen LogP contribution >= 0.6 is 0 Å². The SMILES string of the molecule is CCN(CC)CCNC1(C(N)=O)CCCC(C)C1C. The van der Waals surface area contributed by atoms with Gasteiger partial charge in [-0.3, -0.25) is 4.79 Å². The first kappa shape index (κ1) is 16.4. The number of hydrogen-bond donors (Lipinski definition) is 2. The van der Waals surface area contributed by atoms with Crippen LogP contribution in [0, 0.1) is 11.8 Å². The largest absolute Gasteiger partial charge is 0.368 e. The number of likely N-dealkylation sites (N-methyl/N-ethyl adjacent to an activating group) is 1. The zero-order valence-corrected chi connectivity index (χ0v) is 13.0. The predicted molar refractivity (Wildman–Crippen MR) is 79.9 cm³/mol. The van der Waals surface area contributed by atoms with Gasteiger partial charge in [0.25, 0.3) is 0 Å². The molecule has 112 valence electrons. The maximum Gasteiger partial charge on any atom is 0.238 e. The first-order valence-corrected chi connectivity index (χ1v) is 7.75. The minimum atomic E-state index is -0.495. The fourth-order valence-electron chi connectivity index (χ4n) is 3.33. The van der Waals surface area contributed by atoms with Gasteiger partial charge in [0.05, 0.1) is 0 Å². The Balaban J connectivity index is 2.64. The van der Waals surface area contributed by atoms with E-state index in [0.717, 1.165) is 39.0 Å². The Kier molecular flexibility index (Phi) is 6.27. The Morgan fingerprint density at radius 3 is 2.53 bits per heavy atom. The molecule has 0 bridgehead atoms. The predicted octanol–water partition coefficient (Wildman–Crippen LogP) is 1.60. The number of nitrogens with two attached hydrogens (primary N) is 1. The average molecular weight is 269 g/mol. The summed E-state index contributed by atoms with van der Waals surface area (Å²) >= 11 is 0. The van der Waals surface area contributed by atoms with Crippen molar-refractivity contribution in [2.24, 2.45) is 17.6 Å². The zero-order chi connectivity index (χ0) is 14.5. The number of hydrogen-bond acceptors (Lipinski definition) is 3. The maximum atomic E-state index is 12.0. The normalized spacial score (nSPS) is 31.6. The van der Waals surface area contributed by atoms with Crippen LogP contribution in [0.2, 0.25) is 0 Å². The average Bonchev–Trinajstić information content (AvgIpc) is 2.39. The van der Waals surface area contributed by atoms with Crippen molar-refractivity contribution in [2.75, 3.05) is 26.2 Å². The lowest BCUT2D eigenvalue weighted by molar-refractivity contribution is -0.129. The molecule has 3 unspecified atom stereocenters. The third-order valence-corrected chi connectivity index (χ3v) is 5.06. The Morgan fingerprint density at radius 1 is 1.37 bits per heavy atom. The Hall–Kier alpha value is -0.610. The highest BCUT2D eigenvalue weighted by Crippen LogP contribution is 2.37. The Bertz CT molecular complexity index is 291. The first-order chi connectivity index (χ1) is 8.97. The lowest BCUT2D eigenvalue weighted by Crippen LogP contribution is -2.63. The molecule has 0 aliphatic heterocycles. The molecular weight excluding hydrogens is 238 g/mol. The van der Waals surface area contributed by atoms with E-state index in [1.165, 1.54) is 6.42 Å². The first-order valence-electron chi connectivity index (χ1n) is 7.75. The van der Waals surface area contributed by atoms with Gasteiger partial charge in [0.1, 0.15) is 5.54 Å². The molecule has 0 aromatic carbocycles. The molecule has 3 N–H and O–H groups in total. The molecule has 0 aromatic rings. The van der Waals surface area contributed by atoms with Gasteiger partial charge in [-0.1, -0.05) is 40.5 Å². The van der Waals surface area contributed by atoms with Crippen molar-refractivity contribution in [1.29, 1.82) is 0 Å². The standard InChI is InChI=1S/C15H31N3O/c1-5-18(6-2)11-10-17-15(14(16)19)9-7-8-12(3)13(15)4/h12-13,17H,5-11H2,1-4H3,(H2,16,19). The second-order valence-corrected chi connectivity index (χ2v) is 5.95. The molecule has 3 atom stereocenters. The van der Waals surface area contributed by atoms with E-state index in [1.54, 1.807) is 0 Å². The van der Waals surface area contributed by atoms with Crippen molar-refractivity contribution in [2.45, 2.75) is 52.5 Å². The molecule has 0 spiro atoms. The number of nitrogens with one attached hydrogen (secondary N) is 1. The summed E-state index contributed by atoms with van der Waals surface area (Å²) in [6.07, 6.45) is 3.17. The fourth-order valence-corrected chi connectivity index (χ4v) is 3.33. The van der Waals surface area contributed by atoms with Crippen LogP contribution in [-0.4, -0.2) is 42.5 Å². The number of amides is 1. The number of carbonyl (C=O) groups excluding carboxylic acids is 1. The summed E-state index contributed by atoms with van der Waals surface area (Å²) in [5.41, 5.74) is 5.23. The van der Waals surface area contributed by atoms with Crippen LogP contribution in [0.5, 0.6) is 0 Å². The molecule has 4 nitrogen and oxygen atoms in total. The second kappa shape index (κ2) is 7.25. The van der Waals surface area contributed by atoms with Gasteiger partial charge in [0.2, 0.25) is 5.91 Å². The van der Waals surface area contributed by atoms with Crippen LogP contribution < -0.4 is 11.1 Å². The number of carbonyl (C=O) groups is 1. The van der Waals surface area contributed by atoms with E-state index in [0.29, 0.717) is 11.8 Å². The van der Waals surface area contributed by atoms with Crippen LogP contribution in [-0.2, 0) is 4.79 Å². The second-order valence-electron chi connectivity index (χ2n) is 5.95. The van der Waals surface area contributed by atoms with Crippen LogP contribution in [0.1, 0.15) is 47.0 Å². The van der Waals surface area contributed by atoms with Crippen LogP contribution in [0.15, 0.2) is 0 Å². The molecule has 1 aliphatic rings. The molecule has 0 heterocycles. The highest BCUT2D eigenvalue weighted by atomic mass is 16.1. The third kappa shape index (κ3) is 3.69. The summed E-state index contributed by atoms with van der Waals surface area (Å²) in [5.74, 6) is 0.698. The van der Waals surface area contributed by atoms with Crippen LogP contribution in [0.3, 0.4) is 0 Å². The van der Waals surface area contributed by atoms with E-state index in [2.05, 4.69) is 37.9 Å². The highest BCUT2D eigenvalue weighted by molar-refractivity contribution is 5.85. The van der Waals surface area contributed by atoms with Crippen molar-refractivity contribution < 1.29 is 4.79 Å². The molecule has 1 fully saturated rings. The Morgan fingerprint density at radius 2 is 2.00 bits per heavy atom. The topological polar surface area (TPSA) is 58.4 Å². The molecule has 0 radical (unpaired) electrons. The molecule has 1 saturated carbocycles. The number of primary amides is 1. The van der Waals surface area contributed by atoms with Crippen molar-refractivity contribution in [3.8, 4) is 0 Å². The van der Waals surface area contributed by atoms with Gasteiger partial charge in [0.15, 0.2) is 0 Å². The number of rotatable bonds is 7. The van der Waals surface area contributed by atoms with Gasteiger partial charge < -0.3 is 16.0 Å². The summed E-state index contributed by atoms with van der Waals surface area (Å²) < 4.78 is 0. The third-order valence-electron chi connectivity index (χ3n) is 5.06. The molecule has 1 aliphatic carbocycles. The van der Waals surface area contributed by atoms with E-state index in [4.69, 9.17) is 5.73 Å². The smallest absolute Gasteiger partial charge is 0.238 e. The quantitative estimate of drug-likeness (QED) is 0.738. The van der Waals surface area contributed by atoms with E-state index in [-0.39, 0.29) is 5.91 Å². The van der Waals surface area contributed by atoms with Gasteiger partial charge >= 0.3 is 0 Å². The monoisotopic (exact) mass is 269 g/mol. The summed E-state index contributed by atoms with van der Waals surface area (Å²) in [6, 6.07) is 0. The summed E-state index contributed by atoms with van der Waals surface area (Å²) in [7, 11) is 0. The van der Waals surface area contributed by atoms with Gasteiger partial charge in [-0.25, -0.2) is 0 Å². The zero-order valence-electron chi connectivity index (χ0n) is 13.0. The Labute approximate surface area is 118 Å². The van der Waals surface area contributed by atoms with Crippen molar-refractivity contribution in [1.82, 2.24) is 10.2 Å².